The summed E-state index contributed by atoms with van der Waals surface area (Å²) in [7, 11) is 1.68. The molecule has 2 rings (SSSR count). The summed E-state index contributed by atoms with van der Waals surface area (Å²) in [5.41, 5.74) is 3.68. The summed E-state index contributed by atoms with van der Waals surface area (Å²) in [6, 6.07) is 14.4. The minimum Gasteiger partial charge on any atom is -0.496 e. The molecule has 20 heavy (non-hydrogen) atoms. The van der Waals surface area contributed by atoms with E-state index in [4.69, 9.17) is 16.3 Å². The number of hydrogen-bond donors (Lipinski definition) is 1. The average molecular weight is 290 g/mol. The number of ether oxygens (including phenoxy) is 1. The first-order valence-corrected chi connectivity index (χ1v) is 7.11. The zero-order valence-corrected chi connectivity index (χ0v) is 12.9. The monoisotopic (exact) mass is 289 g/mol. The van der Waals surface area contributed by atoms with E-state index in [1.807, 2.05) is 18.2 Å². The maximum atomic E-state index is 6.05. The van der Waals surface area contributed by atoms with E-state index in [1.165, 1.54) is 11.1 Å². The first-order chi connectivity index (χ1) is 9.61. The summed E-state index contributed by atoms with van der Waals surface area (Å²) < 4.78 is 5.36. The van der Waals surface area contributed by atoms with E-state index in [2.05, 4.69) is 43.4 Å². The van der Waals surface area contributed by atoms with Crippen LogP contribution in [0.5, 0.6) is 5.75 Å². The third kappa shape index (κ3) is 3.53. The van der Waals surface area contributed by atoms with E-state index >= 15 is 0 Å². The number of rotatable bonds is 5. The molecule has 0 saturated heterocycles. The minimum absolute atomic E-state index is 0.278. The molecule has 0 aliphatic heterocycles. The standard InChI is InChI=1S/C17H20ClNO/c1-12-6-4-5-7-16(12)13(2)19-11-14-10-15(18)8-9-17(14)20-3/h4-10,13,19H,11H2,1-3H3. The van der Waals surface area contributed by atoms with Gasteiger partial charge in [0.25, 0.3) is 0 Å². The molecule has 0 spiro atoms. The minimum atomic E-state index is 0.278. The van der Waals surface area contributed by atoms with Crippen LogP contribution < -0.4 is 10.1 Å². The van der Waals surface area contributed by atoms with Crippen LogP contribution in [0.2, 0.25) is 5.02 Å². The largest absolute Gasteiger partial charge is 0.496 e. The fourth-order valence-electron chi connectivity index (χ4n) is 2.33. The number of nitrogens with one attached hydrogen (secondary N) is 1. The lowest BCUT2D eigenvalue weighted by Crippen LogP contribution is -2.19. The van der Waals surface area contributed by atoms with Crippen LogP contribution in [0.3, 0.4) is 0 Å². The summed E-state index contributed by atoms with van der Waals surface area (Å²) in [6.07, 6.45) is 0. The molecule has 1 N–H and O–H groups in total. The average Bonchev–Trinajstić information content (AvgIpc) is 2.45. The topological polar surface area (TPSA) is 21.3 Å². The molecule has 0 heterocycles. The third-order valence-corrected chi connectivity index (χ3v) is 3.73. The molecule has 0 radical (unpaired) electrons. The Kier molecular flexibility index (Phi) is 5.05. The second-order valence-corrected chi connectivity index (χ2v) is 5.35. The maximum absolute atomic E-state index is 6.05. The molecule has 0 fully saturated rings. The van der Waals surface area contributed by atoms with Crippen molar-refractivity contribution in [3.05, 3.63) is 64.2 Å². The molecular formula is C17H20ClNO. The van der Waals surface area contributed by atoms with Gasteiger partial charge in [0.1, 0.15) is 5.75 Å². The van der Waals surface area contributed by atoms with E-state index in [-0.39, 0.29) is 6.04 Å². The lowest BCUT2D eigenvalue weighted by atomic mass is 10.0. The highest BCUT2D eigenvalue weighted by atomic mass is 35.5. The highest BCUT2D eigenvalue weighted by molar-refractivity contribution is 6.30. The van der Waals surface area contributed by atoms with Gasteiger partial charge in [-0.1, -0.05) is 35.9 Å². The summed E-state index contributed by atoms with van der Waals surface area (Å²) in [5.74, 6) is 0.860. The van der Waals surface area contributed by atoms with Crippen LogP contribution in [-0.2, 0) is 6.54 Å². The van der Waals surface area contributed by atoms with E-state index in [9.17, 15) is 0 Å². The van der Waals surface area contributed by atoms with Crippen LogP contribution in [0.1, 0.15) is 29.7 Å². The predicted molar refractivity (Wildman–Crippen MR) is 84.4 cm³/mol. The number of halogens is 1. The molecule has 2 aromatic rings. The molecule has 0 aliphatic rings. The highest BCUT2D eigenvalue weighted by Gasteiger charge is 2.09. The summed E-state index contributed by atoms with van der Waals surface area (Å²) in [6.45, 7) is 5.02. The molecule has 0 bridgehead atoms. The summed E-state index contributed by atoms with van der Waals surface area (Å²) >= 11 is 6.05. The van der Waals surface area contributed by atoms with Gasteiger partial charge >= 0.3 is 0 Å². The Morgan fingerprint density at radius 3 is 2.65 bits per heavy atom. The Labute approximate surface area is 125 Å². The molecule has 3 heteroatoms. The van der Waals surface area contributed by atoms with Gasteiger partial charge in [-0.2, -0.15) is 0 Å². The molecule has 0 saturated carbocycles. The van der Waals surface area contributed by atoms with E-state index in [0.717, 1.165) is 22.9 Å². The van der Waals surface area contributed by atoms with Crippen LogP contribution in [0.4, 0.5) is 0 Å². The summed E-state index contributed by atoms with van der Waals surface area (Å²) in [4.78, 5) is 0. The number of benzene rings is 2. The lowest BCUT2D eigenvalue weighted by Gasteiger charge is -2.17. The molecular weight excluding hydrogens is 270 g/mol. The van der Waals surface area contributed by atoms with Crippen LogP contribution in [-0.4, -0.2) is 7.11 Å². The van der Waals surface area contributed by atoms with Crippen molar-refractivity contribution in [2.75, 3.05) is 7.11 Å². The van der Waals surface area contributed by atoms with Gasteiger partial charge in [-0.3, -0.25) is 0 Å². The molecule has 2 nitrogen and oxygen atoms in total. The van der Waals surface area contributed by atoms with Gasteiger partial charge in [-0.05, 0) is 43.2 Å². The maximum Gasteiger partial charge on any atom is 0.123 e. The highest BCUT2D eigenvalue weighted by Crippen LogP contribution is 2.24. The molecule has 0 aromatic heterocycles. The Balaban J connectivity index is 2.09. The Bertz CT molecular complexity index is 583. The van der Waals surface area contributed by atoms with Crippen LogP contribution in [0.25, 0.3) is 0 Å². The van der Waals surface area contributed by atoms with Gasteiger partial charge in [0.15, 0.2) is 0 Å². The van der Waals surface area contributed by atoms with Crippen molar-refractivity contribution in [3.8, 4) is 5.75 Å². The fraction of sp³-hybridized carbons (Fsp3) is 0.294. The Hall–Kier alpha value is -1.51. The Morgan fingerprint density at radius 1 is 1.20 bits per heavy atom. The fourth-order valence-corrected chi connectivity index (χ4v) is 2.53. The molecule has 1 atom stereocenters. The smallest absolute Gasteiger partial charge is 0.123 e. The van der Waals surface area contributed by atoms with Crippen molar-refractivity contribution in [2.24, 2.45) is 0 Å². The molecule has 106 valence electrons. The van der Waals surface area contributed by atoms with Gasteiger partial charge in [0, 0.05) is 23.2 Å². The van der Waals surface area contributed by atoms with Gasteiger partial charge in [0.05, 0.1) is 7.11 Å². The van der Waals surface area contributed by atoms with Crippen LogP contribution >= 0.6 is 11.6 Å². The number of aryl methyl sites for hydroxylation is 1. The molecule has 1 unspecified atom stereocenters. The van der Waals surface area contributed by atoms with Crippen LogP contribution in [0, 0.1) is 6.92 Å². The first kappa shape index (κ1) is 14.9. The van der Waals surface area contributed by atoms with E-state index in [0.29, 0.717) is 0 Å². The zero-order valence-electron chi connectivity index (χ0n) is 12.1. The predicted octanol–water partition coefficient (Wildman–Crippen LogP) is 4.51. The second kappa shape index (κ2) is 6.78. The van der Waals surface area contributed by atoms with Gasteiger partial charge < -0.3 is 10.1 Å². The normalized spacial score (nSPS) is 12.2. The van der Waals surface area contributed by atoms with Crippen LogP contribution in [0.15, 0.2) is 42.5 Å². The van der Waals surface area contributed by atoms with Crippen molar-refractivity contribution in [2.45, 2.75) is 26.4 Å². The zero-order chi connectivity index (χ0) is 14.5. The van der Waals surface area contributed by atoms with E-state index in [1.54, 1.807) is 7.11 Å². The molecule has 0 amide bonds. The molecule has 0 aliphatic carbocycles. The van der Waals surface area contributed by atoms with Gasteiger partial charge in [-0.15, -0.1) is 0 Å². The third-order valence-electron chi connectivity index (χ3n) is 3.50. The van der Waals surface area contributed by atoms with Crippen molar-refractivity contribution in [1.82, 2.24) is 5.32 Å². The van der Waals surface area contributed by atoms with Gasteiger partial charge in [-0.25, -0.2) is 0 Å². The second-order valence-electron chi connectivity index (χ2n) is 4.92. The molecule has 2 aromatic carbocycles. The van der Waals surface area contributed by atoms with Gasteiger partial charge in [0.2, 0.25) is 0 Å². The lowest BCUT2D eigenvalue weighted by molar-refractivity contribution is 0.406. The SMILES string of the molecule is COc1ccc(Cl)cc1CNC(C)c1ccccc1C. The van der Waals surface area contributed by atoms with E-state index < -0.39 is 0 Å². The first-order valence-electron chi connectivity index (χ1n) is 6.73. The Morgan fingerprint density at radius 2 is 1.95 bits per heavy atom. The quantitative estimate of drug-likeness (QED) is 0.874. The van der Waals surface area contributed by atoms with Crippen molar-refractivity contribution >= 4 is 11.6 Å². The van der Waals surface area contributed by atoms with Crippen molar-refractivity contribution < 1.29 is 4.74 Å². The number of methoxy groups -OCH3 is 1. The van der Waals surface area contributed by atoms with Crippen molar-refractivity contribution in [1.29, 1.82) is 0 Å². The van der Waals surface area contributed by atoms with Crippen molar-refractivity contribution in [3.63, 3.8) is 0 Å². The number of hydrogen-bond acceptors (Lipinski definition) is 2. The summed E-state index contributed by atoms with van der Waals surface area (Å²) in [5, 5.41) is 4.25.